The van der Waals surface area contributed by atoms with E-state index in [-0.39, 0.29) is 0 Å². The Kier molecular flexibility index (Phi) is 8.46. The normalized spacial score (nSPS) is 11.7. The Hall–Kier alpha value is -8.34. The van der Waals surface area contributed by atoms with Gasteiger partial charge in [0.05, 0.1) is 11.4 Å². The third kappa shape index (κ3) is 6.00. The van der Waals surface area contributed by atoms with E-state index in [9.17, 15) is 0 Å². The molecule has 0 N–H and O–H groups in total. The highest BCUT2D eigenvalue weighted by molar-refractivity contribution is 6.13. The van der Waals surface area contributed by atoms with E-state index < -0.39 is 0 Å². The van der Waals surface area contributed by atoms with Gasteiger partial charge >= 0.3 is 0 Å². The van der Waals surface area contributed by atoms with Gasteiger partial charge in [0.15, 0.2) is 11.3 Å². The lowest BCUT2D eigenvalue weighted by Crippen LogP contribution is -2.13. The van der Waals surface area contributed by atoms with Crippen molar-refractivity contribution >= 4 is 66.8 Å². The van der Waals surface area contributed by atoms with Gasteiger partial charge in [0.25, 0.3) is 0 Å². The first kappa shape index (κ1) is 35.6. The van der Waals surface area contributed by atoms with Crippen LogP contribution in [0.2, 0.25) is 0 Å². The molecule has 1 aromatic heterocycles. The molecular weight excluding hydrogens is 757 g/mol. The predicted octanol–water partition coefficient (Wildman–Crippen LogP) is 16.8. The molecule has 4 heteroatoms. The lowest BCUT2D eigenvalue weighted by Gasteiger charge is -2.31. The molecule has 11 aromatic rings. The number of anilines is 6. The van der Waals surface area contributed by atoms with Crippen molar-refractivity contribution < 1.29 is 9.15 Å². The van der Waals surface area contributed by atoms with Gasteiger partial charge in [-0.2, -0.15) is 0 Å². The minimum atomic E-state index is 0.801. The number of benzene rings is 10. The van der Waals surface area contributed by atoms with Crippen LogP contribution in [0.25, 0.3) is 66.1 Å². The summed E-state index contributed by atoms with van der Waals surface area (Å²) in [7, 11) is 0. The van der Waals surface area contributed by atoms with Crippen LogP contribution in [0.5, 0.6) is 11.5 Å². The number of hydrogen-bond acceptors (Lipinski definition) is 4. The highest BCUT2D eigenvalue weighted by Gasteiger charge is 2.29. The lowest BCUT2D eigenvalue weighted by molar-refractivity contribution is 0.488. The summed E-state index contributed by atoms with van der Waals surface area (Å²) in [6.07, 6.45) is 0. The van der Waals surface area contributed by atoms with E-state index in [0.717, 1.165) is 101 Å². The van der Waals surface area contributed by atoms with Gasteiger partial charge in [-0.25, -0.2) is 0 Å². The van der Waals surface area contributed by atoms with Crippen LogP contribution in [0.4, 0.5) is 34.1 Å². The van der Waals surface area contributed by atoms with Crippen LogP contribution in [0.1, 0.15) is 0 Å². The van der Waals surface area contributed by atoms with Gasteiger partial charge in [-0.15, -0.1) is 0 Å². The van der Waals surface area contributed by atoms with E-state index >= 15 is 0 Å². The zero-order valence-electron chi connectivity index (χ0n) is 33.7. The predicted molar refractivity (Wildman–Crippen MR) is 257 cm³/mol. The monoisotopic (exact) mass is 794 g/mol. The number of nitrogens with zero attached hydrogens (tertiary/aromatic N) is 2. The Morgan fingerprint density at radius 2 is 0.903 bits per heavy atom. The summed E-state index contributed by atoms with van der Waals surface area (Å²) in [5.74, 6) is 1.61. The molecule has 0 amide bonds. The molecule has 0 atom stereocenters. The molecular formula is C58H38N2O2. The van der Waals surface area contributed by atoms with Gasteiger partial charge in [0, 0.05) is 44.5 Å². The first-order valence-electron chi connectivity index (χ1n) is 21.0. The van der Waals surface area contributed by atoms with Crippen molar-refractivity contribution in [2.24, 2.45) is 0 Å². The zero-order valence-corrected chi connectivity index (χ0v) is 33.7. The molecule has 0 fully saturated rings. The standard InChI is InChI=1S/C58H38N2O2/c1-4-14-39(15-5-1)40-26-28-41(29-27-40)42-30-33-46(34-31-42)60(52-24-13-23-50-48-21-10-11-25-54(48)61-57(50)52)53-36-32-43-16-12-22-49-51-38-47(35-37-55(51)62-58(53)56(43)49)59(44-17-6-2-7-18-44)45-19-8-3-9-20-45/h1-38H. The summed E-state index contributed by atoms with van der Waals surface area (Å²) >= 11 is 0. The molecule has 0 aliphatic carbocycles. The molecule has 10 aromatic carbocycles. The Morgan fingerprint density at radius 3 is 1.61 bits per heavy atom. The fraction of sp³-hybridized carbons (Fsp3) is 0. The second kappa shape index (κ2) is 14.7. The summed E-state index contributed by atoms with van der Waals surface area (Å²) in [6, 6.07) is 81.3. The molecule has 0 radical (unpaired) electrons. The van der Waals surface area contributed by atoms with E-state index in [1.54, 1.807) is 0 Å². The summed E-state index contributed by atoms with van der Waals surface area (Å²) in [5.41, 5.74) is 14.6. The van der Waals surface area contributed by atoms with E-state index in [4.69, 9.17) is 9.15 Å². The van der Waals surface area contributed by atoms with Crippen molar-refractivity contribution in [2.45, 2.75) is 0 Å². The van der Waals surface area contributed by atoms with Crippen LogP contribution < -0.4 is 14.5 Å². The maximum atomic E-state index is 7.17. The van der Waals surface area contributed by atoms with Crippen molar-refractivity contribution in [1.29, 1.82) is 0 Å². The van der Waals surface area contributed by atoms with Crippen LogP contribution >= 0.6 is 0 Å². The van der Waals surface area contributed by atoms with E-state index in [1.807, 2.05) is 12.1 Å². The Bertz CT molecular complexity index is 3380. The van der Waals surface area contributed by atoms with Crippen molar-refractivity contribution in [2.75, 3.05) is 9.80 Å². The molecule has 0 saturated carbocycles. The summed E-state index contributed by atoms with van der Waals surface area (Å²) in [6.45, 7) is 0. The topological polar surface area (TPSA) is 28.9 Å². The highest BCUT2D eigenvalue weighted by atomic mass is 16.5. The number of furan rings is 1. The summed E-state index contributed by atoms with van der Waals surface area (Å²) < 4.78 is 13.9. The quantitative estimate of drug-likeness (QED) is 0.153. The Labute approximate surface area is 359 Å². The molecule has 1 aliphatic heterocycles. The van der Waals surface area contributed by atoms with Crippen molar-refractivity contribution in [1.82, 2.24) is 0 Å². The smallest absolute Gasteiger partial charge is 0.159 e. The maximum absolute atomic E-state index is 7.17. The molecule has 292 valence electrons. The van der Waals surface area contributed by atoms with Gasteiger partial charge in [0.1, 0.15) is 11.3 Å². The number of ether oxygens (including phenoxy) is 1. The van der Waals surface area contributed by atoms with Crippen LogP contribution in [-0.2, 0) is 0 Å². The van der Waals surface area contributed by atoms with E-state index in [2.05, 4.69) is 228 Å². The Morgan fingerprint density at radius 1 is 0.339 bits per heavy atom. The average molecular weight is 795 g/mol. The maximum Gasteiger partial charge on any atom is 0.159 e. The zero-order chi connectivity index (χ0) is 41.0. The van der Waals surface area contributed by atoms with Crippen molar-refractivity contribution in [3.8, 4) is 44.9 Å². The minimum absolute atomic E-state index is 0.801. The number of hydrogen-bond donors (Lipinski definition) is 0. The highest BCUT2D eigenvalue weighted by Crippen LogP contribution is 2.55. The third-order valence-corrected chi connectivity index (χ3v) is 12.0. The summed E-state index contributed by atoms with van der Waals surface area (Å²) in [5, 5.41) is 4.32. The van der Waals surface area contributed by atoms with Crippen LogP contribution in [0.15, 0.2) is 235 Å². The Balaban J connectivity index is 1.02. The number of fused-ring (bicyclic) bond motifs is 5. The third-order valence-electron chi connectivity index (χ3n) is 12.0. The van der Waals surface area contributed by atoms with Crippen molar-refractivity contribution in [3.63, 3.8) is 0 Å². The fourth-order valence-corrected chi connectivity index (χ4v) is 9.11. The largest absolute Gasteiger partial charge is 0.454 e. The van der Waals surface area contributed by atoms with Crippen LogP contribution in [0.3, 0.4) is 0 Å². The van der Waals surface area contributed by atoms with Crippen molar-refractivity contribution in [3.05, 3.63) is 231 Å². The lowest BCUT2D eigenvalue weighted by atomic mass is 9.93. The molecule has 0 bridgehead atoms. The van der Waals surface area contributed by atoms with Crippen LogP contribution in [0, 0.1) is 0 Å². The number of rotatable bonds is 8. The van der Waals surface area contributed by atoms with E-state index in [1.165, 1.54) is 11.1 Å². The van der Waals surface area contributed by atoms with Gasteiger partial charge in [0.2, 0.25) is 0 Å². The average Bonchev–Trinajstić information content (AvgIpc) is 3.73. The molecule has 62 heavy (non-hydrogen) atoms. The molecule has 12 rings (SSSR count). The molecule has 1 aliphatic rings. The van der Waals surface area contributed by atoms with Gasteiger partial charge in [-0.1, -0.05) is 158 Å². The molecule has 2 heterocycles. The van der Waals surface area contributed by atoms with Crippen LogP contribution in [-0.4, -0.2) is 0 Å². The number of para-hydroxylation sites is 4. The van der Waals surface area contributed by atoms with Gasteiger partial charge in [-0.05, 0) is 106 Å². The van der Waals surface area contributed by atoms with Gasteiger partial charge < -0.3 is 19.0 Å². The molecule has 0 saturated heterocycles. The van der Waals surface area contributed by atoms with Gasteiger partial charge in [-0.3, -0.25) is 0 Å². The second-order valence-electron chi connectivity index (χ2n) is 15.7. The van der Waals surface area contributed by atoms with E-state index in [0.29, 0.717) is 0 Å². The first-order chi connectivity index (χ1) is 30.7. The first-order valence-corrected chi connectivity index (χ1v) is 21.0. The SMILES string of the molecule is c1ccc(-c2ccc(-c3ccc(N(c4ccc5cccc6c5c4Oc4ccc(N(c5ccccc5)c5ccccc5)cc4-6)c4cccc5c4oc4ccccc45)cc3)cc2)cc1. The fourth-order valence-electron chi connectivity index (χ4n) is 9.11. The molecule has 0 unspecified atom stereocenters. The molecule has 0 spiro atoms. The summed E-state index contributed by atoms with van der Waals surface area (Å²) in [4.78, 5) is 4.59. The second-order valence-corrected chi connectivity index (χ2v) is 15.7. The minimum Gasteiger partial charge on any atom is -0.454 e. The molecule has 4 nitrogen and oxygen atoms in total.